The third-order valence-corrected chi connectivity index (χ3v) is 4.39. The fraction of sp³-hybridized carbons (Fsp3) is 0.158. The van der Waals surface area contributed by atoms with E-state index in [1.807, 2.05) is 6.92 Å². The summed E-state index contributed by atoms with van der Waals surface area (Å²) in [5, 5.41) is 18.5. The molecule has 1 N–H and O–H groups in total. The molecular formula is C19H17ClN4O4. The van der Waals surface area contributed by atoms with Gasteiger partial charge in [0, 0.05) is 17.3 Å². The van der Waals surface area contributed by atoms with Crippen molar-refractivity contribution in [3.05, 3.63) is 80.6 Å². The van der Waals surface area contributed by atoms with E-state index in [0.717, 1.165) is 11.1 Å². The summed E-state index contributed by atoms with van der Waals surface area (Å²) in [6, 6.07) is 11.4. The number of benzene rings is 2. The van der Waals surface area contributed by atoms with E-state index >= 15 is 0 Å². The number of amides is 1. The molecule has 0 radical (unpaired) electrons. The van der Waals surface area contributed by atoms with Gasteiger partial charge in [-0.05, 0) is 55.3 Å². The summed E-state index contributed by atoms with van der Waals surface area (Å²) >= 11 is 5.98. The number of nitro groups is 1. The maximum absolute atomic E-state index is 12.4. The highest BCUT2D eigenvalue weighted by Gasteiger charge is 2.18. The Morgan fingerprint density at radius 2 is 2.04 bits per heavy atom. The number of anilines is 1. The first-order chi connectivity index (χ1) is 13.3. The lowest BCUT2D eigenvalue weighted by molar-refractivity contribution is -0.384. The summed E-state index contributed by atoms with van der Waals surface area (Å²) in [5.74, 6) is 0.0757. The lowest BCUT2D eigenvalue weighted by Gasteiger charge is -2.08. The van der Waals surface area contributed by atoms with Gasteiger partial charge in [-0.1, -0.05) is 17.7 Å². The molecule has 144 valence electrons. The maximum Gasteiger partial charge on any atom is 0.293 e. The van der Waals surface area contributed by atoms with E-state index in [-0.39, 0.29) is 23.8 Å². The summed E-state index contributed by atoms with van der Waals surface area (Å²) < 4.78 is 7.07. The summed E-state index contributed by atoms with van der Waals surface area (Å²) in [4.78, 5) is 23.0. The zero-order chi connectivity index (χ0) is 20.3. The first kappa shape index (κ1) is 19.4. The lowest BCUT2D eigenvalue weighted by atomic mass is 10.2. The molecule has 0 atom stereocenters. The molecule has 0 spiro atoms. The highest BCUT2D eigenvalue weighted by molar-refractivity contribution is 6.31. The summed E-state index contributed by atoms with van der Waals surface area (Å²) in [6.07, 6.45) is 1.58. The van der Waals surface area contributed by atoms with Crippen molar-refractivity contribution < 1.29 is 14.5 Å². The second-order valence-electron chi connectivity index (χ2n) is 6.16. The number of nitrogens with zero attached hydrogens (tertiary/aromatic N) is 3. The predicted octanol–water partition coefficient (Wildman–Crippen LogP) is 4.35. The molecule has 2 aromatic carbocycles. The molecule has 1 heterocycles. The minimum atomic E-state index is -0.548. The minimum Gasteiger partial charge on any atom is -0.471 e. The Kier molecular flexibility index (Phi) is 5.60. The Morgan fingerprint density at radius 3 is 2.75 bits per heavy atom. The number of carbonyl (C=O) groups excluding carboxylic acids is 1. The highest BCUT2D eigenvalue weighted by atomic mass is 35.5. The van der Waals surface area contributed by atoms with E-state index in [1.165, 1.54) is 22.9 Å². The average molecular weight is 401 g/mol. The van der Waals surface area contributed by atoms with Gasteiger partial charge in [0.15, 0.2) is 12.4 Å². The molecule has 28 heavy (non-hydrogen) atoms. The van der Waals surface area contributed by atoms with Crippen LogP contribution in [0.4, 0.5) is 11.4 Å². The van der Waals surface area contributed by atoms with Crippen LogP contribution in [0, 0.1) is 24.0 Å². The minimum absolute atomic E-state index is 0.0963. The first-order valence-corrected chi connectivity index (χ1v) is 8.70. The van der Waals surface area contributed by atoms with Crippen molar-refractivity contribution in [2.45, 2.75) is 20.6 Å². The SMILES string of the molecule is Cc1ccc(NC(=O)c2ccn(COc3ccc(Cl)c(C)c3)n2)c([N+](=O)[O-])c1. The van der Waals surface area contributed by atoms with Crippen molar-refractivity contribution in [1.29, 1.82) is 0 Å². The summed E-state index contributed by atoms with van der Waals surface area (Å²) in [7, 11) is 0. The van der Waals surface area contributed by atoms with Gasteiger partial charge in [-0.2, -0.15) is 5.10 Å². The number of rotatable bonds is 6. The standard InChI is InChI=1S/C19H17ClN4O4/c1-12-3-6-16(18(9-12)24(26)27)21-19(25)17-7-8-23(22-17)11-28-14-4-5-15(20)13(2)10-14/h3-10H,11H2,1-2H3,(H,21,25). The van der Waals surface area contributed by atoms with Gasteiger partial charge in [0.2, 0.25) is 0 Å². The van der Waals surface area contributed by atoms with Gasteiger partial charge in [-0.3, -0.25) is 14.9 Å². The van der Waals surface area contributed by atoms with Crippen molar-refractivity contribution in [2.75, 3.05) is 5.32 Å². The Morgan fingerprint density at radius 1 is 1.25 bits per heavy atom. The normalized spacial score (nSPS) is 10.5. The quantitative estimate of drug-likeness (QED) is 0.489. The molecule has 0 fully saturated rings. The average Bonchev–Trinajstić information content (AvgIpc) is 3.13. The van der Waals surface area contributed by atoms with Crippen molar-refractivity contribution in [3.63, 3.8) is 0 Å². The number of nitrogens with one attached hydrogen (secondary N) is 1. The van der Waals surface area contributed by atoms with Gasteiger partial charge in [0.1, 0.15) is 11.4 Å². The summed E-state index contributed by atoms with van der Waals surface area (Å²) in [5.41, 5.74) is 1.67. The number of ether oxygens (including phenoxy) is 1. The molecular weight excluding hydrogens is 384 g/mol. The molecule has 0 bridgehead atoms. The number of hydrogen-bond acceptors (Lipinski definition) is 5. The third kappa shape index (κ3) is 4.47. The van der Waals surface area contributed by atoms with Crippen LogP contribution in [-0.2, 0) is 6.73 Å². The molecule has 1 amide bonds. The van der Waals surface area contributed by atoms with Crippen LogP contribution in [-0.4, -0.2) is 20.6 Å². The molecule has 9 heteroatoms. The lowest BCUT2D eigenvalue weighted by Crippen LogP contribution is -2.15. The first-order valence-electron chi connectivity index (χ1n) is 8.32. The largest absolute Gasteiger partial charge is 0.471 e. The van der Waals surface area contributed by atoms with Gasteiger partial charge < -0.3 is 10.1 Å². The molecule has 8 nitrogen and oxygen atoms in total. The molecule has 0 aliphatic carbocycles. The zero-order valence-electron chi connectivity index (χ0n) is 15.2. The predicted molar refractivity (Wildman–Crippen MR) is 105 cm³/mol. The van der Waals surface area contributed by atoms with Crippen LogP contribution in [0.1, 0.15) is 21.6 Å². The number of aryl methyl sites for hydroxylation is 2. The van der Waals surface area contributed by atoms with E-state index in [2.05, 4.69) is 10.4 Å². The van der Waals surface area contributed by atoms with Gasteiger partial charge in [0.05, 0.1) is 4.92 Å². The maximum atomic E-state index is 12.4. The van der Waals surface area contributed by atoms with Crippen molar-refractivity contribution in [2.24, 2.45) is 0 Å². The Bertz CT molecular complexity index is 1050. The fourth-order valence-electron chi connectivity index (χ4n) is 2.49. The Hall–Kier alpha value is -3.39. The van der Waals surface area contributed by atoms with Gasteiger partial charge in [0.25, 0.3) is 11.6 Å². The van der Waals surface area contributed by atoms with Crippen LogP contribution in [0.25, 0.3) is 0 Å². The van der Waals surface area contributed by atoms with E-state index in [4.69, 9.17) is 16.3 Å². The van der Waals surface area contributed by atoms with Crippen molar-refractivity contribution in [1.82, 2.24) is 9.78 Å². The molecule has 0 unspecified atom stereocenters. The van der Waals surface area contributed by atoms with Crippen LogP contribution >= 0.6 is 11.6 Å². The van der Waals surface area contributed by atoms with Gasteiger partial charge >= 0.3 is 0 Å². The van der Waals surface area contributed by atoms with E-state index < -0.39 is 10.8 Å². The molecule has 0 saturated heterocycles. The van der Waals surface area contributed by atoms with E-state index in [0.29, 0.717) is 10.8 Å². The van der Waals surface area contributed by atoms with Crippen LogP contribution in [0.15, 0.2) is 48.7 Å². The smallest absolute Gasteiger partial charge is 0.293 e. The van der Waals surface area contributed by atoms with Crippen molar-refractivity contribution in [3.8, 4) is 5.75 Å². The number of aromatic nitrogens is 2. The van der Waals surface area contributed by atoms with E-state index in [1.54, 1.807) is 37.4 Å². The van der Waals surface area contributed by atoms with Crippen molar-refractivity contribution >= 4 is 28.9 Å². The number of halogens is 1. The highest BCUT2D eigenvalue weighted by Crippen LogP contribution is 2.25. The van der Waals surface area contributed by atoms with E-state index in [9.17, 15) is 14.9 Å². The second-order valence-corrected chi connectivity index (χ2v) is 6.56. The molecule has 0 aliphatic heterocycles. The molecule has 0 saturated carbocycles. The van der Waals surface area contributed by atoms with Crippen LogP contribution in [0.3, 0.4) is 0 Å². The molecule has 3 rings (SSSR count). The van der Waals surface area contributed by atoms with Crippen LogP contribution < -0.4 is 10.1 Å². The number of nitro benzene ring substituents is 1. The van der Waals surface area contributed by atoms with Gasteiger partial charge in [-0.25, -0.2) is 4.68 Å². The Balaban J connectivity index is 1.67. The molecule has 0 aliphatic rings. The van der Waals surface area contributed by atoms with Crippen LogP contribution in [0.2, 0.25) is 5.02 Å². The third-order valence-electron chi connectivity index (χ3n) is 3.96. The zero-order valence-corrected chi connectivity index (χ0v) is 15.9. The molecule has 1 aromatic heterocycles. The number of hydrogen-bond donors (Lipinski definition) is 1. The fourth-order valence-corrected chi connectivity index (χ4v) is 2.60. The number of carbonyl (C=O) groups is 1. The van der Waals surface area contributed by atoms with Gasteiger partial charge in [-0.15, -0.1) is 0 Å². The molecule has 3 aromatic rings. The second kappa shape index (κ2) is 8.10. The monoisotopic (exact) mass is 400 g/mol. The summed E-state index contributed by atoms with van der Waals surface area (Å²) in [6.45, 7) is 3.71. The Labute approximate surface area is 165 Å². The topological polar surface area (TPSA) is 99.3 Å². The van der Waals surface area contributed by atoms with Crippen LogP contribution in [0.5, 0.6) is 5.75 Å².